The maximum atomic E-state index is 4.67. The summed E-state index contributed by atoms with van der Waals surface area (Å²) in [5.41, 5.74) is 2.24. The van der Waals surface area contributed by atoms with Crippen molar-refractivity contribution in [1.82, 2.24) is 19.7 Å². The lowest BCUT2D eigenvalue weighted by atomic mass is 10.1. The average molecular weight is 342 g/mol. The first-order valence-electron chi connectivity index (χ1n) is 9.25. The van der Waals surface area contributed by atoms with Crippen molar-refractivity contribution >= 4 is 11.6 Å². The van der Waals surface area contributed by atoms with Crippen LogP contribution in [0.3, 0.4) is 0 Å². The Morgan fingerprint density at radius 2 is 1.84 bits per heavy atom. The van der Waals surface area contributed by atoms with Crippen LogP contribution in [-0.4, -0.2) is 32.8 Å². The van der Waals surface area contributed by atoms with Gasteiger partial charge in [-0.25, -0.2) is 9.97 Å². The molecule has 0 saturated carbocycles. The third-order valence-corrected chi connectivity index (χ3v) is 4.79. The molecule has 136 valence electrons. The van der Waals surface area contributed by atoms with Gasteiger partial charge in [0.15, 0.2) is 0 Å². The molecule has 2 aromatic rings. The van der Waals surface area contributed by atoms with Crippen LogP contribution in [0.15, 0.2) is 18.6 Å². The number of aromatic nitrogens is 4. The number of nitrogens with zero attached hydrogens (tertiary/aromatic N) is 5. The molecular formula is C19H30N6. The summed E-state index contributed by atoms with van der Waals surface area (Å²) in [6, 6.07) is 2.20. The van der Waals surface area contributed by atoms with E-state index in [1.54, 1.807) is 6.33 Å². The molecule has 0 aromatic carbocycles. The van der Waals surface area contributed by atoms with Gasteiger partial charge in [0.05, 0.1) is 17.3 Å². The van der Waals surface area contributed by atoms with E-state index >= 15 is 0 Å². The molecule has 6 heteroatoms. The second-order valence-corrected chi connectivity index (χ2v) is 7.96. The first-order chi connectivity index (χ1) is 11.8. The second kappa shape index (κ2) is 7.02. The van der Waals surface area contributed by atoms with Crippen molar-refractivity contribution in [3.05, 3.63) is 29.8 Å². The summed E-state index contributed by atoms with van der Waals surface area (Å²) < 4.78 is 2.04. The van der Waals surface area contributed by atoms with E-state index in [9.17, 15) is 0 Å². The van der Waals surface area contributed by atoms with E-state index in [1.165, 1.54) is 24.8 Å². The summed E-state index contributed by atoms with van der Waals surface area (Å²) in [6.45, 7) is 12.9. The fourth-order valence-corrected chi connectivity index (χ4v) is 3.26. The van der Waals surface area contributed by atoms with E-state index in [4.69, 9.17) is 0 Å². The highest BCUT2D eigenvalue weighted by Gasteiger charge is 2.20. The number of anilines is 2. The molecule has 0 spiro atoms. The molecule has 6 nitrogen and oxygen atoms in total. The van der Waals surface area contributed by atoms with Gasteiger partial charge in [-0.2, -0.15) is 5.10 Å². The molecule has 0 amide bonds. The normalized spacial score (nSPS) is 16.8. The summed E-state index contributed by atoms with van der Waals surface area (Å²) in [5, 5.41) is 8.18. The van der Waals surface area contributed by atoms with E-state index in [2.05, 4.69) is 72.2 Å². The molecule has 3 rings (SSSR count). The van der Waals surface area contributed by atoms with Gasteiger partial charge in [-0.3, -0.25) is 4.68 Å². The van der Waals surface area contributed by atoms with Gasteiger partial charge in [-0.05, 0) is 53.9 Å². The van der Waals surface area contributed by atoms with Gasteiger partial charge in [0.25, 0.3) is 0 Å². The Bertz CT molecular complexity index is 709. The van der Waals surface area contributed by atoms with Crippen LogP contribution in [0.25, 0.3) is 0 Å². The standard InChI is InChI=1S/C19H30N6/c1-14(16-12-25(19(3,4)5)23-15(16)2)22-17-11-18(21-13-20-17)24-9-7-6-8-10-24/h11-14H,6-10H2,1-5H3,(H,20,21,22). The zero-order chi connectivity index (χ0) is 18.0. The van der Waals surface area contributed by atoms with E-state index in [0.29, 0.717) is 0 Å². The molecule has 3 heterocycles. The Morgan fingerprint density at radius 3 is 2.48 bits per heavy atom. The predicted octanol–water partition coefficient (Wildman–Crippen LogP) is 3.90. The lowest BCUT2D eigenvalue weighted by molar-refractivity contribution is 0.354. The summed E-state index contributed by atoms with van der Waals surface area (Å²) in [6.07, 6.45) is 7.60. The van der Waals surface area contributed by atoms with E-state index in [0.717, 1.165) is 30.4 Å². The lowest BCUT2D eigenvalue weighted by Crippen LogP contribution is -2.30. The van der Waals surface area contributed by atoms with Gasteiger partial charge < -0.3 is 10.2 Å². The molecule has 1 fully saturated rings. The summed E-state index contributed by atoms with van der Waals surface area (Å²) in [4.78, 5) is 11.2. The Labute approximate surface area is 150 Å². The zero-order valence-electron chi connectivity index (χ0n) is 16.1. The molecule has 25 heavy (non-hydrogen) atoms. The largest absolute Gasteiger partial charge is 0.363 e. The summed E-state index contributed by atoms with van der Waals surface area (Å²) in [7, 11) is 0. The van der Waals surface area contributed by atoms with Crippen LogP contribution in [0.4, 0.5) is 11.6 Å². The monoisotopic (exact) mass is 342 g/mol. The van der Waals surface area contributed by atoms with Gasteiger partial charge in [-0.15, -0.1) is 0 Å². The van der Waals surface area contributed by atoms with Gasteiger partial charge in [0.1, 0.15) is 18.0 Å². The topological polar surface area (TPSA) is 58.9 Å². The van der Waals surface area contributed by atoms with E-state index in [1.807, 2.05) is 4.68 Å². The first kappa shape index (κ1) is 17.7. The van der Waals surface area contributed by atoms with Crippen molar-refractivity contribution < 1.29 is 0 Å². The van der Waals surface area contributed by atoms with Gasteiger partial charge in [-0.1, -0.05) is 0 Å². The zero-order valence-corrected chi connectivity index (χ0v) is 16.1. The van der Waals surface area contributed by atoms with Crippen LogP contribution >= 0.6 is 0 Å². The number of piperidine rings is 1. The minimum Gasteiger partial charge on any atom is -0.363 e. The quantitative estimate of drug-likeness (QED) is 0.913. The van der Waals surface area contributed by atoms with Crippen molar-refractivity contribution in [2.45, 2.75) is 65.5 Å². The molecular weight excluding hydrogens is 312 g/mol. The number of aryl methyl sites for hydroxylation is 1. The summed E-state index contributed by atoms with van der Waals surface area (Å²) in [5.74, 6) is 1.89. The lowest BCUT2D eigenvalue weighted by Gasteiger charge is -2.28. The SMILES string of the molecule is Cc1nn(C(C)(C)C)cc1C(C)Nc1cc(N2CCCCC2)ncn1. The molecule has 1 N–H and O–H groups in total. The molecule has 1 aliphatic heterocycles. The first-order valence-corrected chi connectivity index (χ1v) is 9.25. The maximum absolute atomic E-state index is 4.67. The number of nitrogens with one attached hydrogen (secondary N) is 1. The molecule has 0 radical (unpaired) electrons. The Balaban J connectivity index is 1.75. The molecule has 2 aromatic heterocycles. The number of rotatable bonds is 4. The second-order valence-electron chi connectivity index (χ2n) is 7.96. The molecule has 1 atom stereocenters. The maximum Gasteiger partial charge on any atom is 0.134 e. The predicted molar refractivity (Wildman–Crippen MR) is 102 cm³/mol. The smallest absolute Gasteiger partial charge is 0.134 e. The van der Waals surface area contributed by atoms with Crippen LogP contribution < -0.4 is 10.2 Å². The fraction of sp³-hybridized carbons (Fsp3) is 0.632. The Morgan fingerprint density at radius 1 is 1.12 bits per heavy atom. The molecule has 1 unspecified atom stereocenters. The van der Waals surface area contributed by atoms with Crippen molar-refractivity contribution in [3.63, 3.8) is 0 Å². The van der Waals surface area contributed by atoms with Crippen LogP contribution in [0.2, 0.25) is 0 Å². The minimum atomic E-state index is -0.0148. The average Bonchev–Trinajstić information content (AvgIpc) is 2.98. The van der Waals surface area contributed by atoms with E-state index in [-0.39, 0.29) is 11.6 Å². The highest BCUT2D eigenvalue weighted by atomic mass is 15.3. The van der Waals surface area contributed by atoms with Crippen molar-refractivity contribution in [3.8, 4) is 0 Å². The molecule has 0 aliphatic carbocycles. The number of hydrogen-bond donors (Lipinski definition) is 1. The van der Waals surface area contributed by atoms with Crippen molar-refractivity contribution in [1.29, 1.82) is 0 Å². The minimum absolute atomic E-state index is 0.0148. The Hall–Kier alpha value is -2.11. The fourth-order valence-electron chi connectivity index (χ4n) is 3.26. The van der Waals surface area contributed by atoms with Gasteiger partial charge >= 0.3 is 0 Å². The van der Waals surface area contributed by atoms with Crippen molar-refractivity contribution in [2.24, 2.45) is 0 Å². The third kappa shape index (κ3) is 4.11. The van der Waals surface area contributed by atoms with Crippen molar-refractivity contribution in [2.75, 3.05) is 23.3 Å². The van der Waals surface area contributed by atoms with Crippen LogP contribution in [-0.2, 0) is 5.54 Å². The highest BCUT2D eigenvalue weighted by molar-refractivity contribution is 5.49. The Kier molecular flexibility index (Phi) is 4.97. The molecule has 1 aliphatic rings. The van der Waals surface area contributed by atoms with Crippen LogP contribution in [0.1, 0.15) is 64.3 Å². The van der Waals surface area contributed by atoms with Gasteiger partial charge in [0, 0.05) is 30.9 Å². The third-order valence-electron chi connectivity index (χ3n) is 4.79. The molecule has 0 bridgehead atoms. The number of hydrogen-bond acceptors (Lipinski definition) is 5. The van der Waals surface area contributed by atoms with Gasteiger partial charge in [0.2, 0.25) is 0 Å². The highest BCUT2D eigenvalue weighted by Crippen LogP contribution is 2.25. The van der Waals surface area contributed by atoms with Crippen LogP contribution in [0, 0.1) is 6.92 Å². The summed E-state index contributed by atoms with van der Waals surface area (Å²) >= 11 is 0. The molecule has 1 saturated heterocycles. The van der Waals surface area contributed by atoms with E-state index < -0.39 is 0 Å². The van der Waals surface area contributed by atoms with Crippen LogP contribution in [0.5, 0.6) is 0 Å².